The standard InChI is InChI=1S/C13H12Cl2N2O2/c14-12(13(15)10-6-3-4-8-16-10)9-5-1-2-7-11(9)17(18)19/h1-8,12-13,17-18H/t12-,13-/m1/s1. The molecule has 4 nitrogen and oxygen atoms in total. The summed E-state index contributed by atoms with van der Waals surface area (Å²) in [5, 5.41) is 18.0. The summed E-state index contributed by atoms with van der Waals surface area (Å²) in [6.07, 6.45) is 1.62. The molecule has 0 saturated carbocycles. The van der Waals surface area contributed by atoms with Crippen LogP contribution in [0.5, 0.6) is 0 Å². The highest BCUT2D eigenvalue weighted by molar-refractivity contribution is 6.30. The van der Waals surface area contributed by atoms with Crippen molar-refractivity contribution in [1.82, 2.24) is 4.98 Å². The molecule has 19 heavy (non-hydrogen) atoms. The predicted molar refractivity (Wildman–Crippen MR) is 73.6 cm³/mol. The fourth-order valence-corrected chi connectivity index (χ4v) is 2.36. The molecule has 100 valence electrons. The van der Waals surface area contributed by atoms with Gasteiger partial charge in [0.25, 0.3) is 0 Å². The number of para-hydroxylation sites is 1. The number of pyridine rings is 1. The molecule has 0 radical (unpaired) electrons. The summed E-state index contributed by atoms with van der Waals surface area (Å²) in [7, 11) is 0. The van der Waals surface area contributed by atoms with Crippen LogP contribution in [0.3, 0.4) is 0 Å². The Morgan fingerprint density at radius 1 is 1.05 bits per heavy atom. The first kappa shape index (κ1) is 14.2. The summed E-state index contributed by atoms with van der Waals surface area (Å²) < 4.78 is 0. The van der Waals surface area contributed by atoms with E-state index in [9.17, 15) is 5.21 Å². The van der Waals surface area contributed by atoms with Gasteiger partial charge in [-0.05, 0) is 12.1 Å². The molecule has 0 aliphatic carbocycles. The average molecular weight is 299 g/mol. The van der Waals surface area contributed by atoms with E-state index in [4.69, 9.17) is 28.4 Å². The van der Waals surface area contributed by atoms with Gasteiger partial charge in [0.05, 0.1) is 16.4 Å². The highest BCUT2D eigenvalue weighted by Crippen LogP contribution is 2.40. The van der Waals surface area contributed by atoms with Crippen LogP contribution >= 0.6 is 23.2 Å². The van der Waals surface area contributed by atoms with Crippen molar-refractivity contribution in [3.63, 3.8) is 0 Å². The minimum Gasteiger partial charge on any atom is -0.595 e. The number of hydrogen-bond acceptors (Lipinski definition) is 3. The lowest BCUT2D eigenvalue weighted by Crippen LogP contribution is -2.99. The molecule has 0 spiro atoms. The van der Waals surface area contributed by atoms with Crippen LogP contribution in [0.15, 0.2) is 48.7 Å². The van der Waals surface area contributed by atoms with E-state index < -0.39 is 16.0 Å². The van der Waals surface area contributed by atoms with Crippen molar-refractivity contribution in [1.29, 1.82) is 0 Å². The summed E-state index contributed by atoms with van der Waals surface area (Å²) in [4.78, 5) is 4.14. The number of benzene rings is 1. The van der Waals surface area contributed by atoms with Crippen LogP contribution in [0.25, 0.3) is 0 Å². The Balaban J connectivity index is 2.32. The van der Waals surface area contributed by atoms with E-state index in [0.717, 1.165) is 0 Å². The van der Waals surface area contributed by atoms with Crippen molar-refractivity contribution >= 4 is 28.9 Å². The van der Waals surface area contributed by atoms with Crippen molar-refractivity contribution in [3.05, 3.63) is 65.1 Å². The maximum atomic E-state index is 11.2. The summed E-state index contributed by atoms with van der Waals surface area (Å²) in [6.45, 7) is 0. The van der Waals surface area contributed by atoms with E-state index in [1.54, 1.807) is 36.5 Å². The van der Waals surface area contributed by atoms with Crippen molar-refractivity contribution in [2.24, 2.45) is 0 Å². The Morgan fingerprint density at radius 3 is 2.37 bits per heavy atom. The SMILES string of the molecule is [O-][NH+](O)c1ccccc1[C@@H](Cl)[C@H](Cl)c1ccccn1. The van der Waals surface area contributed by atoms with Gasteiger partial charge in [-0.1, -0.05) is 24.3 Å². The summed E-state index contributed by atoms with van der Waals surface area (Å²) in [5.74, 6) is 0. The zero-order valence-electron chi connectivity index (χ0n) is 9.83. The van der Waals surface area contributed by atoms with Crippen molar-refractivity contribution in [2.75, 3.05) is 0 Å². The second-order valence-corrected chi connectivity index (χ2v) is 4.89. The van der Waals surface area contributed by atoms with E-state index in [2.05, 4.69) is 4.98 Å². The summed E-state index contributed by atoms with van der Waals surface area (Å²) in [6, 6.07) is 11.9. The Bertz CT molecular complexity index is 537. The summed E-state index contributed by atoms with van der Waals surface area (Å²) >= 11 is 12.6. The van der Waals surface area contributed by atoms with Gasteiger partial charge in [0.15, 0.2) is 5.69 Å². The molecule has 1 aromatic carbocycles. The zero-order valence-corrected chi connectivity index (χ0v) is 11.3. The molecular formula is C13H12Cl2N2O2. The van der Waals surface area contributed by atoms with Crippen LogP contribution in [0, 0.1) is 5.21 Å². The summed E-state index contributed by atoms with van der Waals surface area (Å²) in [5.41, 5.74) is 1.26. The monoisotopic (exact) mass is 298 g/mol. The predicted octanol–water partition coefficient (Wildman–Crippen LogP) is 2.75. The highest BCUT2D eigenvalue weighted by atomic mass is 35.5. The van der Waals surface area contributed by atoms with Crippen molar-refractivity contribution < 1.29 is 10.4 Å². The number of halogens is 2. The minimum absolute atomic E-state index is 0.157. The topological polar surface area (TPSA) is 60.6 Å². The largest absolute Gasteiger partial charge is 0.595 e. The van der Waals surface area contributed by atoms with Gasteiger partial charge in [-0.2, -0.15) is 5.23 Å². The Kier molecular flexibility index (Phi) is 4.74. The van der Waals surface area contributed by atoms with Crippen LogP contribution in [-0.4, -0.2) is 10.2 Å². The maximum Gasteiger partial charge on any atom is 0.168 e. The fraction of sp³-hybridized carbons (Fsp3) is 0.154. The molecule has 0 aliphatic rings. The lowest BCUT2D eigenvalue weighted by atomic mass is 10.0. The third-order valence-corrected chi connectivity index (χ3v) is 3.81. The van der Waals surface area contributed by atoms with Gasteiger partial charge in [0, 0.05) is 17.8 Å². The Hall–Kier alpha value is -1.17. The second kappa shape index (κ2) is 6.32. The molecule has 0 fully saturated rings. The lowest BCUT2D eigenvalue weighted by Gasteiger charge is -2.21. The normalized spacial score (nSPS) is 15.8. The minimum atomic E-state index is -1.02. The number of rotatable bonds is 4. The zero-order chi connectivity index (χ0) is 13.8. The van der Waals surface area contributed by atoms with E-state index in [0.29, 0.717) is 11.3 Å². The first-order chi connectivity index (χ1) is 9.11. The molecular weight excluding hydrogens is 287 g/mol. The number of nitrogens with zero attached hydrogens (tertiary/aromatic N) is 1. The van der Waals surface area contributed by atoms with E-state index >= 15 is 0 Å². The molecule has 6 heteroatoms. The van der Waals surface area contributed by atoms with Gasteiger partial charge in [-0.25, -0.2) is 5.21 Å². The fourth-order valence-electron chi connectivity index (χ4n) is 1.78. The first-order valence-electron chi connectivity index (χ1n) is 5.62. The van der Waals surface area contributed by atoms with Gasteiger partial charge < -0.3 is 5.21 Å². The average Bonchev–Trinajstić information content (AvgIpc) is 2.46. The molecule has 0 bridgehead atoms. The van der Waals surface area contributed by atoms with Crippen LogP contribution < -0.4 is 5.23 Å². The molecule has 0 aliphatic heterocycles. The Morgan fingerprint density at radius 2 is 1.74 bits per heavy atom. The van der Waals surface area contributed by atoms with Crippen molar-refractivity contribution in [2.45, 2.75) is 10.8 Å². The molecule has 2 aromatic rings. The molecule has 1 unspecified atom stereocenters. The molecule has 2 N–H and O–H groups in total. The molecule has 0 saturated heterocycles. The van der Waals surface area contributed by atoms with Gasteiger partial charge >= 0.3 is 0 Å². The molecule has 1 heterocycles. The highest BCUT2D eigenvalue weighted by Gasteiger charge is 2.26. The molecule has 1 aromatic heterocycles. The number of nitrogens with one attached hydrogen (secondary N) is 1. The smallest absolute Gasteiger partial charge is 0.168 e. The Labute approximate surface area is 120 Å². The molecule has 0 amide bonds. The maximum absolute atomic E-state index is 11.2. The van der Waals surface area contributed by atoms with Crippen LogP contribution in [0.1, 0.15) is 22.0 Å². The first-order valence-corrected chi connectivity index (χ1v) is 6.50. The van der Waals surface area contributed by atoms with E-state index in [-0.39, 0.29) is 5.69 Å². The second-order valence-electron chi connectivity index (χ2n) is 3.95. The van der Waals surface area contributed by atoms with Gasteiger partial charge in [-0.3, -0.25) is 4.98 Å². The van der Waals surface area contributed by atoms with Crippen LogP contribution in [0.2, 0.25) is 0 Å². The van der Waals surface area contributed by atoms with E-state index in [1.807, 2.05) is 6.07 Å². The van der Waals surface area contributed by atoms with Crippen LogP contribution in [-0.2, 0) is 0 Å². The van der Waals surface area contributed by atoms with E-state index in [1.165, 1.54) is 6.07 Å². The van der Waals surface area contributed by atoms with Crippen LogP contribution in [0.4, 0.5) is 5.69 Å². The van der Waals surface area contributed by atoms with Gasteiger partial charge in [-0.15, -0.1) is 23.2 Å². The van der Waals surface area contributed by atoms with Crippen molar-refractivity contribution in [3.8, 4) is 0 Å². The third-order valence-electron chi connectivity index (χ3n) is 2.72. The number of alkyl halides is 2. The number of aromatic nitrogens is 1. The molecule has 3 atom stereocenters. The van der Waals surface area contributed by atoms with Gasteiger partial charge in [0.2, 0.25) is 0 Å². The van der Waals surface area contributed by atoms with Gasteiger partial charge in [0.1, 0.15) is 0 Å². The number of quaternary nitrogens is 1. The lowest BCUT2D eigenvalue weighted by molar-refractivity contribution is -0.991. The quantitative estimate of drug-likeness (QED) is 0.674. The third kappa shape index (κ3) is 3.23. The number of hydrogen-bond donors (Lipinski definition) is 2. The molecule has 2 rings (SSSR count).